The number of rotatable bonds is 18. The Morgan fingerprint density at radius 1 is 0.537 bits per heavy atom. The first-order valence-electron chi connectivity index (χ1n) is 16.6. The monoisotopic (exact) mass is 600 g/mol. The first kappa shape index (κ1) is 35.2. The molecule has 0 saturated heterocycles. The van der Waals surface area contributed by atoms with E-state index in [-0.39, 0.29) is 0 Å². The number of hydrogen-bond acceptors (Lipinski definition) is 0. The van der Waals surface area contributed by atoms with E-state index in [9.17, 15) is 5.53 Å². The van der Waals surface area contributed by atoms with Gasteiger partial charge in [-0.2, -0.15) is 0 Å². The van der Waals surface area contributed by atoms with Crippen LogP contribution in [0.2, 0.25) is 10.8 Å². The van der Waals surface area contributed by atoms with Crippen LogP contribution in [0.3, 0.4) is 0 Å². The summed E-state index contributed by atoms with van der Waals surface area (Å²) in [6, 6.07) is 17.9. The van der Waals surface area contributed by atoms with Crippen molar-refractivity contribution in [3.8, 4) is 0 Å². The maximum atomic E-state index is 11.8. The first-order valence-corrected chi connectivity index (χ1v) is 18.0. The fourth-order valence-corrected chi connectivity index (χ4v) is 5.98. The van der Waals surface area contributed by atoms with Gasteiger partial charge in [0.25, 0.3) is 0 Å². The molecule has 1 heterocycles. The summed E-state index contributed by atoms with van der Waals surface area (Å²) in [7, 11) is 0. The van der Waals surface area contributed by atoms with Crippen LogP contribution in [0.5, 0.6) is 0 Å². The quantitative estimate of drug-likeness (QED) is 0.0923. The number of allylic oxidation sites excluding steroid dienone is 2. The molecule has 0 fully saturated rings. The SMILES string of the molecule is CCCCCCC1=C(c2ccc(CCCC)cc2)[N+](=[N-])C(c2cccc(CCCC)c2)=C1CCCC.C[CH2][Ni][CH2]C. The molecule has 0 spiro atoms. The maximum absolute atomic E-state index is 11.8. The molecule has 0 bridgehead atoms. The molecule has 1 aliphatic rings. The van der Waals surface area contributed by atoms with Gasteiger partial charge in [-0.1, -0.05) is 90.5 Å². The average molecular weight is 602 g/mol. The molecule has 0 atom stereocenters. The fraction of sp³-hybridized carbons (Fsp3) is 0.579. The van der Waals surface area contributed by atoms with Crippen LogP contribution >= 0.6 is 0 Å². The Morgan fingerprint density at radius 3 is 1.63 bits per heavy atom. The van der Waals surface area contributed by atoms with Crippen LogP contribution in [-0.4, -0.2) is 4.70 Å². The van der Waals surface area contributed by atoms with Gasteiger partial charge in [0.05, 0.1) is 0 Å². The van der Waals surface area contributed by atoms with E-state index in [1.54, 1.807) is 4.70 Å². The van der Waals surface area contributed by atoms with Crippen LogP contribution in [0.1, 0.15) is 141 Å². The molecule has 2 aromatic carbocycles. The van der Waals surface area contributed by atoms with Crippen molar-refractivity contribution in [2.24, 2.45) is 0 Å². The Bertz CT molecular complexity index is 1090. The van der Waals surface area contributed by atoms with Gasteiger partial charge in [-0.05, 0) is 86.8 Å². The van der Waals surface area contributed by atoms with E-state index in [0.29, 0.717) is 0 Å². The van der Waals surface area contributed by atoms with Crippen molar-refractivity contribution >= 4 is 11.4 Å². The molecule has 1 aliphatic heterocycles. The van der Waals surface area contributed by atoms with Crippen LogP contribution in [-0.2, 0) is 27.3 Å². The Hall–Kier alpha value is -1.99. The van der Waals surface area contributed by atoms with E-state index in [1.165, 1.54) is 84.4 Å². The van der Waals surface area contributed by atoms with Crippen molar-refractivity contribution < 1.29 is 19.1 Å². The molecule has 230 valence electrons. The average Bonchev–Trinajstić information content (AvgIpc) is 3.27. The van der Waals surface area contributed by atoms with Crippen LogP contribution < -0.4 is 0 Å². The second-order valence-corrected chi connectivity index (χ2v) is 13.0. The molecule has 0 unspecified atom stereocenters. The van der Waals surface area contributed by atoms with Crippen LogP contribution in [0.15, 0.2) is 59.7 Å². The van der Waals surface area contributed by atoms with Crippen molar-refractivity contribution in [1.82, 2.24) is 0 Å². The van der Waals surface area contributed by atoms with Gasteiger partial charge in [0.1, 0.15) is 0 Å². The molecule has 3 rings (SSSR count). The normalized spacial score (nSPS) is 13.3. The zero-order chi connectivity index (χ0) is 29.9. The van der Waals surface area contributed by atoms with Crippen molar-refractivity contribution in [3.63, 3.8) is 0 Å². The summed E-state index contributed by atoms with van der Waals surface area (Å²) in [4.78, 5) is 0. The number of unbranched alkanes of at least 4 members (excludes halogenated alkanes) is 6. The van der Waals surface area contributed by atoms with Gasteiger partial charge in [-0.3, -0.25) is 0 Å². The molecule has 3 heteroatoms. The first-order chi connectivity index (χ1) is 20.1. The van der Waals surface area contributed by atoms with Crippen LogP contribution in [0, 0.1) is 0 Å². The van der Waals surface area contributed by atoms with Crippen molar-refractivity contribution in [2.45, 2.75) is 142 Å². The third-order valence-electron chi connectivity index (χ3n) is 7.80. The summed E-state index contributed by atoms with van der Waals surface area (Å²) < 4.78 is 1.54. The van der Waals surface area contributed by atoms with E-state index in [1.807, 2.05) is 14.4 Å². The van der Waals surface area contributed by atoms with Crippen molar-refractivity contribution in [1.29, 1.82) is 0 Å². The molecule has 0 amide bonds. The molecule has 2 nitrogen and oxygen atoms in total. The zero-order valence-corrected chi connectivity index (χ0v) is 28.1. The topological polar surface area (TPSA) is 25.3 Å². The van der Waals surface area contributed by atoms with Gasteiger partial charge in [0.15, 0.2) is 0 Å². The Morgan fingerprint density at radius 2 is 1.07 bits per heavy atom. The van der Waals surface area contributed by atoms with Gasteiger partial charge in [-0.25, -0.2) is 4.70 Å². The molecule has 0 saturated carbocycles. The minimum absolute atomic E-state index is 1.01. The third-order valence-corrected chi connectivity index (χ3v) is 8.79. The van der Waals surface area contributed by atoms with Gasteiger partial charge in [0, 0.05) is 22.3 Å². The van der Waals surface area contributed by atoms with E-state index >= 15 is 0 Å². The molecule has 2 aromatic rings. The Balaban J connectivity index is 0.00000108. The van der Waals surface area contributed by atoms with Crippen molar-refractivity contribution in [3.05, 3.63) is 87.5 Å². The van der Waals surface area contributed by atoms with E-state index in [2.05, 4.69) is 90.1 Å². The van der Waals surface area contributed by atoms with Crippen LogP contribution in [0.4, 0.5) is 0 Å². The summed E-state index contributed by atoms with van der Waals surface area (Å²) in [5.41, 5.74) is 21.6. The predicted molar refractivity (Wildman–Crippen MR) is 177 cm³/mol. The summed E-state index contributed by atoms with van der Waals surface area (Å²) in [6.45, 7) is 13.4. The van der Waals surface area contributed by atoms with E-state index < -0.39 is 0 Å². The molecule has 0 N–H and O–H groups in total. The summed E-state index contributed by atoms with van der Waals surface area (Å²) in [5, 5.41) is 2.56. The summed E-state index contributed by atoms with van der Waals surface area (Å²) in [6.07, 6.45) is 16.3. The second kappa shape index (κ2) is 20.8. The summed E-state index contributed by atoms with van der Waals surface area (Å²) >= 11 is 1.82. The minimum atomic E-state index is 1.01. The molecular formula is C38H58N2Ni. The molecular weight excluding hydrogens is 543 g/mol. The molecule has 41 heavy (non-hydrogen) atoms. The fourth-order valence-electron chi connectivity index (χ4n) is 5.49. The summed E-state index contributed by atoms with van der Waals surface area (Å²) in [5.74, 6) is 0. The molecule has 0 radical (unpaired) electrons. The molecule has 0 aromatic heterocycles. The van der Waals surface area contributed by atoms with Crippen molar-refractivity contribution in [2.75, 3.05) is 0 Å². The van der Waals surface area contributed by atoms with Crippen LogP contribution in [0.25, 0.3) is 16.9 Å². The van der Waals surface area contributed by atoms with Gasteiger partial charge >= 0.3 is 39.1 Å². The number of nitrogens with zero attached hydrogens (tertiary/aromatic N) is 2. The standard InChI is InChI=1S/C34H48N2.2C2H5.Ni/c1-5-9-13-14-21-32-31(20-12-8-4)34(30-19-15-18-28(26-30)17-11-7-3)36(35)33(32)29-24-22-27(23-25-29)16-10-6-2;2*1-2;/h15,18-19,22-26H,5-14,16-17,20-21H2,1-4H3;2*1H2,2H3;. The van der Waals surface area contributed by atoms with E-state index in [4.69, 9.17) is 0 Å². The second-order valence-electron chi connectivity index (χ2n) is 11.1. The number of hydrogen-bond donors (Lipinski definition) is 0. The Kier molecular flexibility index (Phi) is 17.9. The predicted octanol–water partition coefficient (Wildman–Crippen LogP) is 12.6. The molecule has 0 aliphatic carbocycles. The van der Waals surface area contributed by atoms with Gasteiger partial charge in [0.2, 0.25) is 11.4 Å². The Labute approximate surface area is 259 Å². The van der Waals surface area contributed by atoms with E-state index in [0.717, 1.165) is 61.0 Å². The van der Waals surface area contributed by atoms with Gasteiger partial charge in [-0.15, -0.1) is 0 Å². The third kappa shape index (κ3) is 11.3. The zero-order valence-electron chi connectivity index (χ0n) is 27.1. The number of aryl methyl sites for hydroxylation is 2. The number of benzene rings is 2. The van der Waals surface area contributed by atoms with Gasteiger partial charge < -0.3 is 5.53 Å².